The van der Waals surface area contributed by atoms with E-state index in [0.717, 1.165) is 11.4 Å². The molecule has 5 heteroatoms. The van der Waals surface area contributed by atoms with Crippen molar-refractivity contribution in [1.29, 1.82) is 0 Å². The van der Waals surface area contributed by atoms with Gasteiger partial charge in [0.05, 0.1) is 18.0 Å². The van der Waals surface area contributed by atoms with E-state index in [1.807, 2.05) is 19.1 Å². The van der Waals surface area contributed by atoms with Crippen LogP contribution in [0.4, 0.5) is 0 Å². The molecule has 0 bridgehead atoms. The summed E-state index contributed by atoms with van der Waals surface area (Å²) in [6, 6.07) is 5.35. The van der Waals surface area contributed by atoms with Crippen LogP contribution in [0.15, 0.2) is 22.7 Å². The number of rotatable bonds is 3. The van der Waals surface area contributed by atoms with Crippen LogP contribution in [0.25, 0.3) is 11.5 Å². The molecule has 0 N–H and O–H groups in total. The van der Waals surface area contributed by atoms with Crippen LogP contribution in [0.3, 0.4) is 0 Å². The van der Waals surface area contributed by atoms with Crippen molar-refractivity contribution >= 4 is 5.97 Å². The number of ether oxygens (including phenoxy) is 1. The van der Waals surface area contributed by atoms with Crippen LogP contribution in [0.1, 0.15) is 23.1 Å². The maximum Gasteiger partial charge on any atom is 0.354 e. The predicted molar refractivity (Wildman–Crippen MR) is 61.6 cm³/mol. The average Bonchev–Trinajstić information content (AvgIpc) is 2.85. The summed E-state index contributed by atoms with van der Waals surface area (Å²) >= 11 is 0. The van der Waals surface area contributed by atoms with Crippen molar-refractivity contribution in [2.45, 2.75) is 13.8 Å². The first kappa shape index (κ1) is 11.4. The molecule has 0 saturated heterocycles. The van der Waals surface area contributed by atoms with Gasteiger partial charge in [-0.25, -0.2) is 4.79 Å². The molecule has 2 aromatic rings. The average molecular weight is 234 g/mol. The third-order valence-electron chi connectivity index (χ3n) is 2.49. The summed E-state index contributed by atoms with van der Waals surface area (Å²) in [6.45, 7) is 3.99. The third kappa shape index (κ3) is 2.08. The Kier molecular flexibility index (Phi) is 2.99. The van der Waals surface area contributed by atoms with E-state index in [1.54, 1.807) is 24.6 Å². The van der Waals surface area contributed by atoms with Crippen LogP contribution in [0, 0.1) is 6.92 Å². The highest BCUT2D eigenvalue weighted by Gasteiger charge is 2.16. The van der Waals surface area contributed by atoms with E-state index in [4.69, 9.17) is 9.26 Å². The largest absolute Gasteiger partial charge is 0.461 e. The number of hydrogen-bond donors (Lipinski definition) is 0. The Balaban J connectivity index is 2.36. The Morgan fingerprint density at radius 1 is 1.53 bits per heavy atom. The molecule has 0 unspecified atom stereocenters. The maximum atomic E-state index is 11.6. The van der Waals surface area contributed by atoms with Crippen LogP contribution < -0.4 is 0 Å². The zero-order valence-corrected chi connectivity index (χ0v) is 10.1. The lowest BCUT2D eigenvalue weighted by Gasteiger charge is -2.04. The van der Waals surface area contributed by atoms with Gasteiger partial charge in [-0.3, -0.25) is 0 Å². The lowest BCUT2D eigenvalue weighted by Crippen LogP contribution is -2.10. The minimum Gasteiger partial charge on any atom is -0.461 e. The fraction of sp³-hybridized carbons (Fsp3) is 0.333. The lowest BCUT2D eigenvalue weighted by atomic mass is 10.3. The fourth-order valence-electron chi connectivity index (χ4n) is 1.65. The van der Waals surface area contributed by atoms with Gasteiger partial charge in [-0.15, -0.1) is 0 Å². The molecule has 0 saturated carbocycles. The number of hydrogen-bond acceptors (Lipinski definition) is 4. The van der Waals surface area contributed by atoms with Gasteiger partial charge < -0.3 is 13.8 Å². The zero-order valence-electron chi connectivity index (χ0n) is 10.1. The van der Waals surface area contributed by atoms with Gasteiger partial charge in [0.25, 0.3) is 0 Å². The molecule has 2 rings (SSSR count). The SMILES string of the molecule is CCOC(=O)c1ccc(-c2cc(C)no2)n1C. The van der Waals surface area contributed by atoms with Crippen molar-refractivity contribution in [1.82, 2.24) is 9.72 Å². The molecule has 0 aliphatic carbocycles. The van der Waals surface area contributed by atoms with Crippen molar-refractivity contribution in [2.24, 2.45) is 7.05 Å². The molecule has 2 aromatic heterocycles. The smallest absolute Gasteiger partial charge is 0.354 e. The normalized spacial score (nSPS) is 10.5. The molecule has 0 spiro atoms. The lowest BCUT2D eigenvalue weighted by molar-refractivity contribution is 0.0515. The number of carbonyl (C=O) groups is 1. The van der Waals surface area contributed by atoms with Crippen molar-refractivity contribution in [3.8, 4) is 11.5 Å². The molecule has 17 heavy (non-hydrogen) atoms. The highest BCUT2D eigenvalue weighted by atomic mass is 16.5. The summed E-state index contributed by atoms with van der Waals surface area (Å²) in [5, 5.41) is 3.82. The van der Waals surface area contributed by atoms with Gasteiger partial charge in [0.1, 0.15) is 5.69 Å². The first-order valence-corrected chi connectivity index (χ1v) is 5.40. The maximum absolute atomic E-state index is 11.6. The summed E-state index contributed by atoms with van der Waals surface area (Å²) in [7, 11) is 1.79. The fourth-order valence-corrected chi connectivity index (χ4v) is 1.65. The van der Waals surface area contributed by atoms with E-state index in [1.165, 1.54) is 0 Å². The number of nitrogens with zero attached hydrogens (tertiary/aromatic N) is 2. The number of aromatic nitrogens is 2. The van der Waals surface area contributed by atoms with Gasteiger partial charge in [0, 0.05) is 13.1 Å². The van der Waals surface area contributed by atoms with Gasteiger partial charge in [-0.2, -0.15) is 0 Å². The number of carbonyl (C=O) groups excluding carboxylic acids is 1. The van der Waals surface area contributed by atoms with E-state index in [2.05, 4.69) is 5.16 Å². The second kappa shape index (κ2) is 4.45. The first-order valence-electron chi connectivity index (χ1n) is 5.40. The summed E-state index contributed by atoms with van der Waals surface area (Å²) in [6.07, 6.45) is 0. The molecule has 0 aliphatic heterocycles. The summed E-state index contributed by atoms with van der Waals surface area (Å²) in [4.78, 5) is 11.6. The second-order valence-electron chi connectivity index (χ2n) is 3.72. The van der Waals surface area contributed by atoms with Crippen molar-refractivity contribution in [3.05, 3.63) is 29.6 Å². The summed E-state index contributed by atoms with van der Waals surface area (Å²) in [5.74, 6) is 0.304. The Morgan fingerprint density at radius 3 is 2.88 bits per heavy atom. The molecule has 0 atom stereocenters. The van der Waals surface area contributed by atoms with Crippen molar-refractivity contribution in [3.63, 3.8) is 0 Å². The topological polar surface area (TPSA) is 57.3 Å². The molecule has 5 nitrogen and oxygen atoms in total. The van der Waals surface area contributed by atoms with Crippen LogP contribution in [0.5, 0.6) is 0 Å². The van der Waals surface area contributed by atoms with Crippen molar-refractivity contribution in [2.75, 3.05) is 6.61 Å². The Bertz CT molecular complexity index is 540. The number of aryl methyl sites for hydroxylation is 1. The van der Waals surface area contributed by atoms with Crippen LogP contribution in [-0.4, -0.2) is 22.3 Å². The Labute approximate surface area is 99.0 Å². The van der Waals surface area contributed by atoms with Gasteiger partial charge in [0.2, 0.25) is 0 Å². The quantitative estimate of drug-likeness (QED) is 0.764. The summed E-state index contributed by atoms with van der Waals surface area (Å²) in [5.41, 5.74) is 2.10. The van der Waals surface area contributed by atoms with E-state index in [0.29, 0.717) is 18.1 Å². The number of esters is 1. The van der Waals surface area contributed by atoms with Crippen molar-refractivity contribution < 1.29 is 14.1 Å². The molecule has 0 fully saturated rings. The van der Waals surface area contributed by atoms with Crippen LogP contribution in [0.2, 0.25) is 0 Å². The third-order valence-corrected chi connectivity index (χ3v) is 2.49. The van der Waals surface area contributed by atoms with Gasteiger partial charge in [-0.05, 0) is 26.0 Å². The predicted octanol–water partition coefficient (Wildman–Crippen LogP) is 2.17. The molecule has 2 heterocycles. The van der Waals surface area contributed by atoms with Crippen LogP contribution in [-0.2, 0) is 11.8 Å². The Morgan fingerprint density at radius 2 is 2.29 bits per heavy atom. The molecule has 0 aliphatic rings. The molecule has 0 aromatic carbocycles. The molecule has 90 valence electrons. The van der Waals surface area contributed by atoms with Crippen LogP contribution >= 0.6 is 0 Å². The van der Waals surface area contributed by atoms with E-state index in [9.17, 15) is 4.79 Å². The highest BCUT2D eigenvalue weighted by molar-refractivity contribution is 5.89. The molecular weight excluding hydrogens is 220 g/mol. The molecule has 0 amide bonds. The Hall–Kier alpha value is -2.04. The zero-order chi connectivity index (χ0) is 12.4. The minimum atomic E-state index is -0.336. The molecular formula is C12H14N2O3. The summed E-state index contributed by atoms with van der Waals surface area (Å²) < 4.78 is 11.9. The highest BCUT2D eigenvalue weighted by Crippen LogP contribution is 2.22. The van der Waals surface area contributed by atoms with Gasteiger partial charge in [0.15, 0.2) is 5.76 Å². The minimum absolute atomic E-state index is 0.336. The van der Waals surface area contributed by atoms with E-state index >= 15 is 0 Å². The van der Waals surface area contributed by atoms with Gasteiger partial charge >= 0.3 is 5.97 Å². The van der Waals surface area contributed by atoms with E-state index < -0.39 is 0 Å². The second-order valence-corrected chi connectivity index (χ2v) is 3.72. The standard InChI is InChI=1S/C12H14N2O3/c1-4-16-12(15)10-6-5-9(14(10)3)11-7-8(2)13-17-11/h5-7H,4H2,1-3H3. The van der Waals surface area contributed by atoms with E-state index in [-0.39, 0.29) is 5.97 Å². The monoisotopic (exact) mass is 234 g/mol. The first-order chi connectivity index (χ1) is 8.13. The molecule has 0 radical (unpaired) electrons. The van der Waals surface area contributed by atoms with Gasteiger partial charge in [-0.1, -0.05) is 5.16 Å².